The fourth-order valence-electron chi connectivity index (χ4n) is 12.1. The summed E-state index contributed by atoms with van der Waals surface area (Å²) in [6, 6.07) is -1.00. The van der Waals surface area contributed by atoms with Crippen molar-refractivity contribution in [3.63, 3.8) is 0 Å². The van der Waals surface area contributed by atoms with Crippen molar-refractivity contribution in [1.29, 1.82) is 0 Å². The van der Waals surface area contributed by atoms with Gasteiger partial charge in [-0.25, -0.2) is 0 Å². The molecule has 3 saturated heterocycles. The van der Waals surface area contributed by atoms with Crippen molar-refractivity contribution in [2.75, 3.05) is 26.4 Å². The van der Waals surface area contributed by atoms with Crippen molar-refractivity contribution >= 4 is 5.91 Å². The Hall–Kier alpha value is -2.51. The Morgan fingerprint density at radius 1 is 0.391 bits per heavy atom. The van der Waals surface area contributed by atoms with Gasteiger partial charge in [0, 0.05) is 6.42 Å². The van der Waals surface area contributed by atoms with Crippen LogP contribution in [-0.2, 0) is 33.2 Å². The summed E-state index contributed by atoms with van der Waals surface area (Å²) in [4.78, 5) is 13.4. The van der Waals surface area contributed by atoms with Crippen molar-refractivity contribution in [1.82, 2.24) is 5.32 Å². The molecule has 19 heteroatoms. The predicted octanol–water partition coefficient (Wildman–Crippen LogP) is 10.3. The van der Waals surface area contributed by atoms with Crippen LogP contribution in [0.25, 0.3) is 0 Å². The van der Waals surface area contributed by atoms with Gasteiger partial charge in [0.25, 0.3) is 0 Å². The Morgan fingerprint density at radius 3 is 1.17 bits per heavy atom. The number of amides is 1. The van der Waals surface area contributed by atoms with Crippen molar-refractivity contribution in [2.24, 2.45) is 0 Å². The number of carbonyl (C=O) groups excluding carboxylic acids is 1. The van der Waals surface area contributed by atoms with Gasteiger partial charge in [-0.3, -0.25) is 4.79 Å². The second-order valence-corrected chi connectivity index (χ2v) is 26.0. The lowest BCUT2D eigenvalue weighted by molar-refractivity contribution is -0.379. The smallest absolute Gasteiger partial charge is 0.220 e. The van der Waals surface area contributed by atoms with E-state index in [0.717, 1.165) is 64.2 Å². The summed E-state index contributed by atoms with van der Waals surface area (Å²) in [5.41, 5.74) is 0. The summed E-state index contributed by atoms with van der Waals surface area (Å²) in [6.07, 6.45) is 40.6. The molecule has 0 bridgehead atoms. The van der Waals surface area contributed by atoms with Crippen LogP contribution < -0.4 is 5.32 Å². The average molecular weight is 1310 g/mol. The van der Waals surface area contributed by atoms with Gasteiger partial charge in [0.05, 0.1) is 38.6 Å². The minimum Gasteiger partial charge on any atom is -0.394 e. The molecule has 0 saturated carbocycles. The van der Waals surface area contributed by atoms with Crippen LogP contribution in [0.1, 0.15) is 264 Å². The first-order chi connectivity index (χ1) is 44.8. The third kappa shape index (κ3) is 35.7. The molecule has 0 aliphatic carbocycles. The molecule has 0 aromatic heterocycles. The highest BCUT2D eigenvalue weighted by Gasteiger charge is 2.53. The van der Waals surface area contributed by atoms with Gasteiger partial charge >= 0.3 is 0 Å². The zero-order valence-electron chi connectivity index (χ0n) is 56.8. The van der Waals surface area contributed by atoms with Gasteiger partial charge < -0.3 is 89.9 Å². The number of allylic oxidation sites excluding steroid dienone is 9. The molecular formula is C73H131NO18. The Labute approximate surface area is 554 Å². The second-order valence-electron chi connectivity index (χ2n) is 26.0. The molecule has 3 heterocycles. The van der Waals surface area contributed by atoms with Crippen LogP contribution in [0, 0.1) is 0 Å². The SMILES string of the molecule is CCCCC/C=C\C/C=C\CCCCCCCCCCCC(=O)NC(COC1OC(CO)C(OC2OC(CO)C(OC3OC(CO)C(O)C(O)C3O)C(O)C2O)C(O)C1O)C(O)/C=C/CC/C=C/CC/C=C/CCCCCCCCCCCCCCCCCCCC. The maximum atomic E-state index is 13.4. The minimum absolute atomic E-state index is 0.225. The molecule has 17 atom stereocenters. The summed E-state index contributed by atoms with van der Waals surface area (Å²) in [5, 5.41) is 121. The highest BCUT2D eigenvalue weighted by molar-refractivity contribution is 5.76. The molecule has 3 rings (SSSR count). The lowest BCUT2D eigenvalue weighted by Crippen LogP contribution is -2.66. The highest BCUT2D eigenvalue weighted by Crippen LogP contribution is 2.33. The molecule has 0 radical (unpaired) electrons. The summed E-state index contributed by atoms with van der Waals surface area (Å²) >= 11 is 0. The first-order valence-electron chi connectivity index (χ1n) is 36.5. The molecule has 19 nitrogen and oxygen atoms in total. The number of rotatable bonds is 56. The predicted molar refractivity (Wildman–Crippen MR) is 360 cm³/mol. The first kappa shape index (κ1) is 83.7. The summed E-state index contributed by atoms with van der Waals surface area (Å²) in [7, 11) is 0. The third-order valence-electron chi connectivity index (χ3n) is 18.0. The zero-order valence-corrected chi connectivity index (χ0v) is 56.8. The van der Waals surface area contributed by atoms with Crippen molar-refractivity contribution < 1.29 is 89.4 Å². The van der Waals surface area contributed by atoms with Gasteiger partial charge in [0.2, 0.25) is 5.91 Å². The first-order valence-corrected chi connectivity index (χ1v) is 36.5. The summed E-state index contributed by atoms with van der Waals surface area (Å²) in [6.45, 7) is 1.70. The van der Waals surface area contributed by atoms with Crippen LogP contribution in [0.15, 0.2) is 60.8 Å². The molecule has 92 heavy (non-hydrogen) atoms. The van der Waals surface area contributed by atoms with E-state index in [1.807, 2.05) is 6.08 Å². The largest absolute Gasteiger partial charge is 0.394 e. The van der Waals surface area contributed by atoms with Crippen molar-refractivity contribution in [2.45, 2.75) is 369 Å². The zero-order chi connectivity index (χ0) is 66.8. The Kier molecular flexibility index (Phi) is 49.6. The molecule has 536 valence electrons. The highest BCUT2D eigenvalue weighted by atomic mass is 16.8. The van der Waals surface area contributed by atoms with E-state index in [4.69, 9.17) is 28.4 Å². The normalized spacial score (nSPS) is 28.0. The summed E-state index contributed by atoms with van der Waals surface area (Å²) in [5.74, 6) is -0.294. The lowest BCUT2D eigenvalue weighted by Gasteiger charge is -2.48. The molecule has 17 unspecified atom stereocenters. The van der Waals surface area contributed by atoms with Crippen LogP contribution in [0.3, 0.4) is 0 Å². The van der Waals surface area contributed by atoms with Gasteiger partial charge in [0.1, 0.15) is 73.2 Å². The van der Waals surface area contributed by atoms with Crippen LogP contribution in [0.4, 0.5) is 0 Å². The van der Waals surface area contributed by atoms with Gasteiger partial charge in [-0.1, -0.05) is 242 Å². The molecule has 1 amide bonds. The van der Waals surface area contributed by atoms with Crippen molar-refractivity contribution in [3.8, 4) is 0 Å². The standard InChI is InChI=1S/C73H131NO18/c1-3-5-7-9-11-13-15-17-19-21-23-24-25-26-27-28-29-30-31-33-34-36-38-40-42-44-46-48-50-57(78)56(74-61(79)51-49-47-45-43-41-39-37-35-32-22-20-18-16-14-12-10-8-6-4-2)55-87-71-67(85)64(82)69(59(53-76)89-71)92-73-68(86)65(83)70(60(54-77)90-73)91-72-66(84)63(81)62(80)58(52-75)88-72/h12,14,18,20,33-34,40,42,48,50,56-60,62-73,75-78,80-86H,3-11,13,15-17,19,21-32,35-39,41,43-47,49,51-55H2,1-2H3,(H,74,79)/b14-12-,20-18-,34-33+,42-40+,50-48+. The Morgan fingerprint density at radius 2 is 0.728 bits per heavy atom. The number of hydrogen-bond donors (Lipinski definition) is 12. The number of ether oxygens (including phenoxy) is 6. The minimum atomic E-state index is -1.99. The molecule has 0 aromatic rings. The average Bonchev–Trinajstić information content (AvgIpc) is 0.855. The van der Waals surface area contributed by atoms with E-state index in [0.29, 0.717) is 12.8 Å². The van der Waals surface area contributed by atoms with Gasteiger partial charge in [-0.15, -0.1) is 0 Å². The second kappa shape index (κ2) is 54.5. The third-order valence-corrected chi connectivity index (χ3v) is 18.0. The fourth-order valence-corrected chi connectivity index (χ4v) is 12.1. The number of nitrogens with one attached hydrogen (secondary N) is 1. The van der Waals surface area contributed by atoms with E-state index in [1.165, 1.54) is 167 Å². The van der Waals surface area contributed by atoms with E-state index >= 15 is 0 Å². The van der Waals surface area contributed by atoms with Gasteiger partial charge in [-0.2, -0.15) is 0 Å². The number of carbonyl (C=O) groups is 1. The number of aliphatic hydroxyl groups is 11. The molecule has 3 fully saturated rings. The lowest BCUT2D eigenvalue weighted by atomic mass is 9.96. The Balaban J connectivity index is 1.44. The van der Waals surface area contributed by atoms with Crippen LogP contribution in [-0.4, -0.2) is 193 Å². The molecule has 0 aromatic carbocycles. The number of aliphatic hydroxyl groups excluding tert-OH is 11. The molecule has 12 N–H and O–H groups in total. The molecule has 3 aliphatic rings. The molecule has 0 spiro atoms. The van der Waals surface area contributed by atoms with Gasteiger partial charge in [0.15, 0.2) is 18.9 Å². The monoisotopic (exact) mass is 1310 g/mol. The van der Waals surface area contributed by atoms with E-state index < -0.39 is 124 Å². The molecule has 3 aliphatic heterocycles. The molecular weight excluding hydrogens is 1180 g/mol. The maximum absolute atomic E-state index is 13.4. The van der Waals surface area contributed by atoms with Crippen LogP contribution in [0.5, 0.6) is 0 Å². The Bertz CT molecular complexity index is 1900. The van der Waals surface area contributed by atoms with Crippen molar-refractivity contribution in [3.05, 3.63) is 60.8 Å². The van der Waals surface area contributed by atoms with E-state index in [9.17, 15) is 61.0 Å². The quantitative estimate of drug-likeness (QED) is 0.0199. The number of unbranched alkanes of at least 4 members (excludes halogenated alkanes) is 32. The van der Waals surface area contributed by atoms with Crippen LogP contribution >= 0.6 is 0 Å². The fraction of sp³-hybridized carbons (Fsp3) is 0.849. The summed E-state index contributed by atoms with van der Waals surface area (Å²) < 4.78 is 34.3. The van der Waals surface area contributed by atoms with Gasteiger partial charge in [-0.05, 0) is 77.0 Å². The van der Waals surface area contributed by atoms with E-state index in [-0.39, 0.29) is 18.9 Å². The number of hydrogen-bond acceptors (Lipinski definition) is 18. The topological polar surface area (TPSA) is 307 Å². The maximum Gasteiger partial charge on any atom is 0.220 e. The van der Waals surface area contributed by atoms with E-state index in [2.05, 4.69) is 67.8 Å². The van der Waals surface area contributed by atoms with E-state index in [1.54, 1.807) is 6.08 Å². The van der Waals surface area contributed by atoms with Crippen LogP contribution in [0.2, 0.25) is 0 Å².